The summed E-state index contributed by atoms with van der Waals surface area (Å²) in [5.41, 5.74) is 4.36. The molecule has 0 unspecified atom stereocenters. The van der Waals surface area contributed by atoms with Gasteiger partial charge in [-0.15, -0.1) is 0 Å². The van der Waals surface area contributed by atoms with Gasteiger partial charge in [0.2, 0.25) is 0 Å². The highest BCUT2D eigenvalue weighted by atomic mass is 79.9. The van der Waals surface area contributed by atoms with E-state index in [0.717, 1.165) is 15.6 Å². The van der Waals surface area contributed by atoms with Gasteiger partial charge in [0.1, 0.15) is 6.33 Å². The molecule has 5 rings (SSSR count). The predicted molar refractivity (Wildman–Crippen MR) is 135 cm³/mol. The average molecular weight is 501 g/mol. The van der Waals surface area contributed by atoms with Crippen molar-refractivity contribution in [1.29, 1.82) is 0 Å². The largest absolute Gasteiger partial charge is 0.217 e. The van der Waals surface area contributed by atoms with Gasteiger partial charge < -0.3 is 0 Å². The van der Waals surface area contributed by atoms with Crippen LogP contribution in [0.15, 0.2) is 120 Å². The van der Waals surface area contributed by atoms with Crippen LogP contribution >= 0.6 is 27.5 Å². The van der Waals surface area contributed by atoms with Crippen molar-refractivity contribution >= 4 is 27.5 Å². The smallest absolute Gasteiger partial charge is 0.163 e. The summed E-state index contributed by atoms with van der Waals surface area (Å²) in [7, 11) is 0. The van der Waals surface area contributed by atoms with Gasteiger partial charge in [0, 0.05) is 20.6 Å². The minimum atomic E-state index is 0.599. The fourth-order valence-corrected chi connectivity index (χ4v) is 3.97. The SMILES string of the molecule is Clc1cc(Br)cc(-c2ncnc(-c3ccccc3)n2)c1.c1ccc(-c2ccccc2)cc1. The lowest BCUT2D eigenvalue weighted by atomic mass is 10.1. The monoisotopic (exact) mass is 499 g/mol. The predicted octanol–water partition coefficient (Wildman–Crippen LogP) is 7.98. The fourth-order valence-electron chi connectivity index (χ4n) is 3.11. The summed E-state index contributed by atoms with van der Waals surface area (Å²) in [6, 6.07) is 36.2. The molecule has 1 heterocycles. The van der Waals surface area contributed by atoms with Crippen LogP contribution in [0.25, 0.3) is 33.9 Å². The second-order valence-corrected chi connectivity index (χ2v) is 8.24. The second-order valence-electron chi connectivity index (χ2n) is 6.89. The molecule has 5 heteroatoms. The van der Waals surface area contributed by atoms with E-state index in [1.165, 1.54) is 17.5 Å². The van der Waals surface area contributed by atoms with E-state index >= 15 is 0 Å². The highest BCUT2D eigenvalue weighted by Crippen LogP contribution is 2.26. The number of aromatic nitrogens is 3. The minimum Gasteiger partial charge on any atom is -0.217 e. The molecule has 0 saturated heterocycles. The van der Waals surface area contributed by atoms with Gasteiger partial charge in [-0.1, -0.05) is 119 Å². The highest BCUT2D eigenvalue weighted by molar-refractivity contribution is 9.10. The third kappa shape index (κ3) is 5.88. The number of rotatable bonds is 3. The van der Waals surface area contributed by atoms with Crippen molar-refractivity contribution in [3.8, 4) is 33.9 Å². The second kappa shape index (κ2) is 10.8. The molecule has 0 aliphatic heterocycles. The van der Waals surface area contributed by atoms with Crippen molar-refractivity contribution in [1.82, 2.24) is 15.0 Å². The lowest BCUT2D eigenvalue weighted by Crippen LogP contribution is -1.95. The standard InChI is InChI=1S/C15H9BrClN3.C12H10/c16-12-6-11(7-13(17)8-12)15-19-9-18-14(20-15)10-4-2-1-3-5-10;1-3-7-11(8-4-1)12-9-5-2-6-10-12/h1-9H;1-10H. The summed E-state index contributed by atoms with van der Waals surface area (Å²) >= 11 is 9.47. The molecular weight excluding hydrogens is 482 g/mol. The minimum absolute atomic E-state index is 0.599. The van der Waals surface area contributed by atoms with Crippen molar-refractivity contribution in [2.24, 2.45) is 0 Å². The molecule has 0 atom stereocenters. The first kappa shape index (κ1) is 21.9. The zero-order valence-corrected chi connectivity index (χ0v) is 19.4. The molecule has 32 heavy (non-hydrogen) atoms. The zero-order valence-electron chi connectivity index (χ0n) is 17.1. The van der Waals surface area contributed by atoms with E-state index in [2.05, 4.69) is 79.4 Å². The Hall–Kier alpha value is -3.34. The van der Waals surface area contributed by atoms with Gasteiger partial charge in [-0.05, 0) is 29.3 Å². The van der Waals surface area contributed by atoms with E-state index in [9.17, 15) is 0 Å². The van der Waals surface area contributed by atoms with Crippen LogP contribution in [0.2, 0.25) is 5.02 Å². The molecule has 156 valence electrons. The maximum Gasteiger partial charge on any atom is 0.163 e. The zero-order chi connectivity index (χ0) is 22.2. The molecule has 0 fully saturated rings. The van der Waals surface area contributed by atoms with E-state index in [0.29, 0.717) is 16.7 Å². The summed E-state index contributed by atoms with van der Waals surface area (Å²) in [4.78, 5) is 12.9. The first-order valence-electron chi connectivity index (χ1n) is 10.0. The van der Waals surface area contributed by atoms with E-state index in [4.69, 9.17) is 11.6 Å². The van der Waals surface area contributed by atoms with Gasteiger partial charge in [0.15, 0.2) is 11.6 Å². The molecule has 0 radical (unpaired) electrons. The van der Waals surface area contributed by atoms with Crippen LogP contribution < -0.4 is 0 Å². The molecular formula is C27H19BrClN3. The summed E-state index contributed by atoms with van der Waals surface area (Å²) in [5, 5.41) is 0.635. The Morgan fingerprint density at radius 2 is 1.00 bits per heavy atom. The van der Waals surface area contributed by atoms with Gasteiger partial charge in [-0.3, -0.25) is 0 Å². The van der Waals surface area contributed by atoms with Crippen LogP contribution in [0.3, 0.4) is 0 Å². The van der Waals surface area contributed by atoms with Crippen molar-refractivity contribution in [3.05, 3.63) is 125 Å². The Labute approximate surface area is 200 Å². The number of hydrogen-bond acceptors (Lipinski definition) is 3. The fraction of sp³-hybridized carbons (Fsp3) is 0. The normalized spacial score (nSPS) is 10.2. The third-order valence-corrected chi connectivity index (χ3v) is 5.28. The van der Waals surface area contributed by atoms with Gasteiger partial charge >= 0.3 is 0 Å². The Morgan fingerprint density at radius 1 is 0.531 bits per heavy atom. The maximum absolute atomic E-state index is 6.06. The molecule has 5 aromatic rings. The van der Waals surface area contributed by atoms with Gasteiger partial charge in [0.05, 0.1) is 0 Å². The first-order valence-corrected chi connectivity index (χ1v) is 11.2. The highest BCUT2D eigenvalue weighted by Gasteiger charge is 2.07. The number of benzene rings is 4. The van der Waals surface area contributed by atoms with Crippen molar-refractivity contribution in [3.63, 3.8) is 0 Å². The van der Waals surface area contributed by atoms with Crippen LogP contribution in [0.1, 0.15) is 0 Å². The molecule has 4 aromatic carbocycles. The van der Waals surface area contributed by atoms with Gasteiger partial charge in [-0.2, -0.15) is 0 Å². The van der Waals surface area contributed by atoms with Crippen molar-refractivity contribution in [2.75, 3.05) is 0 Å². The Bertz CT molecular complexity index is 1220. The molecule has 0 aliphatic carbocycles. The third-order valence-electron chi connectivity index (χ3n) is 4.61. The van der Waals surface area contributed by atoms with E-state index < -0.39 is 0 Å². The number of hydrogen-bond donors (Lipinski definition) is 0. The van der Waals surface area contributed by atoms with Crippen LogP contribution in [0.4, 0.5) is 0 Å². The van der Waals surface area contributed by atoms with E-state index in [1.807, 2.05) is 60.7 Å². The Morgan fingerprint density at radius 3 is 1.50 bits per heavy atom. The Kier molecular flexibility index (Phi) is 7.38. The number of halogens is 2. The van der Waals surface area contributed by atoms with E-state index in [-0.39, 0.29) is 0 Å². The summed E-state index contributed by atoms with van der Waals surface area (Å²) < 4.78 is 0.890. The van der Waals surface area contributed by atoms with Crippen molar-refractivity contribution in [2.45, 2.75) is 0 Å². The lowest BCUT2D eigenvalue weighted by Gasteiger charge is -2.04. The van der Waals surface area contributed by atoms with Crippen LogP contribution in [0, 0.1) is 0 Å². The first-order chi connectivity index (χ1) is 15.7. The molecule has 3 nitrogen and oxygen atoms in total. The van der Waals surface area contributed by atoms with Crippen LogP contribution in [-0.4, -0.2) is 15.0 Å². The molecule has 0 bridgehead atoms. The Balaban J connectivity index is 0.000000174. The van der Waals surface area contributed by atoms with Crippen molar-refractivity contribution < 1.29 is 0 Å². The molecule has 0 aliphatic rings. The average Bonchev–Trinajstić information content (AvgIpc) is 2.86. The topological polar surface area (TPSA) is 38.7 Å². The van der Waals surface area contributed by atoms with Crippen LogP contribution in [-0.2, 0) is 0 Å². The summed E-state index contributed by atoms with van der Waals surface area (Å²) in [6.45, 7) is 0. The van der Waals surface area contributed by atoms with Gasteiger partial charge in [-0.25, -0.2) is 15.0 Å². The van der Waals surface area contributed by atoms with Gasteiger partial charge in [0.25, 0.3) is 0 Å². The molecule has 0 amide bonds. The molecule has 1 aromatic heterocycles. The van der Waals surface area contributed by atoms with Crippen LogP contribution in [0.5, 0.6) is 0 Å². The molecule has 0 N–H and O–H groups in total. The quantitative estimate of drug-likeness (QED) is 0.252. The van der Waals surface area contributed by atoms with E-state index in [1.54, 1.807) is 0 Å². The molecule has 0 saturated carbocycles. The lowest BCUT2D eigenvalue weighted by molar-refractivity contribution is 1.06. The molecule has 0 spiro atoms. The number of nitrogens with zero attached hydrogens (tertiary/aromatic N) is 3. The summed E-state index contributed by atoms with van der Waals surface area (Å²) in [5.74, 6) is 1.24. The maximum atomic E-state index is 6.06. The summed E-state index contributed by atoms with van der Waals surface area (Å²) in [6.07, 6.45) is 1.51.